The second kappa shape index (κ2) is 14.9. The molecule has 2 heterocycles. The third-order valence-electron chi connectivity index (χ3n) is 7.60. The largest absolute Gasteiger partial charge is 0.457 e. The van der Waals surface area contributed by atoms with E-state index in [1.54, 1.807) is 36.1 Å². The van der Waals surface area contributed by atoms with Gasteiger partial charge in [0.2, 0.25) is 10.0 Å². The Morgan fingerprint density at radius 1 is 1.17 bits per heavy atom. The monoisotopic (exact) mass is 591 g/mol. The number of rotatable bonds is 6. The van der Waals surface area contributed by atoms with E-state index in [1.165, 1.54) is 6.07 Å². The maximum absolute atomic E-state index is 13.0. The van der Waals surface area contributed by atoms with E-state index in [0.29, 0.717) is 37.1 Å². The summed E-state index contributed by atoms with van der Waals surface area (Å²) >= 11 is 0. The Hall–Kier alpha value is -2.73. The predicted octanol–water partition coefficient (Wildman–Crippen LogP) is 3.43. The lowest BCUT2D eigenvalue weighted by Crippen LogP contribution is -2.48. The van der Waals surface area contributed by atoms with Gasteiger partial charge >= 0.3 is 12.1 Å². The van der Waals surface area contributed by atoms with Crippen LogP contribution >= 0.6 is 0 Å². The van der Waals surface area contributed by atoms with E-state index in [9.17, 15) is 23.1 Å². The van der Waals surface area contributed by atoms with Crippen molar-refractivity contribution in [2.24, 2.45) is 11.8 Å². The molecule has 5 atom stereocenters. The van der Waals surface area contributed by atoms with Gasteiger partial charge in [-0.25, -0.2) is 17.9 Å². The summed E-state index contributed by atoms with van der Waals surface area (Å²) in [5.74, 6) is -0.876. The number of piperazine rings is 1. The Labute approximate surface area is 244 Å². The molecule has 1 fully saturated rings. The molecule has 1 aromatic rings. The Balaban J connectivity index is 1.86. The number of carbonyl (C=O) groups excluding carboxylic acids is 2. The molecule has 0 unspecified atom stereocenters. The average Bonchev–Trinajstić information content (AvgIpc) is 2.92. The summed E-state index contributed by atoms with van der Waals surface area (Å²) in [7, 11) is -1.61. The minimum atomic E-state index is -3.63. The van der Waals surface area contributed by atoms with Crippen LogP contribution in [-0.4, -0.2) is 93.5 Å². The number of sulfonamides is 1. The average molecular weight is 592 g/mol. The zero-order chi connectivity index (χ0) is 30.2. The van der Waals surface area contributed by atoms with E-state index in [0.717, 1.165) is 13.1 Å². The van der Waals surface area contributed by atoms with Crippen LogP contribution in [0.4, 0.5) is 4.79 Å². The first-order valence-corrected chi connectivity index (χ1v) is 15.9. The SMILES string of the molecule is CCNS(=O)(=O)c1cccc(/C=C(\C)[C@H]2OC(=O)C[C@@H](O)CC[C@@H](C)[C@H](OC(=O)N3CCN(C)CC3)/C=C/[C@@H]2C)c1. The Morgan fingerprint density at radius 3 is 2.56 bits per heavy atom. The number of amides is 1. The van der Waals surface area contributed by atoms with Gasteiger partial charge in [-0.15, -0.1) is 0 Å². The molecule has 2 aliphatic heterocycles. The van der Waals surface area contributed by atoms with E-state index in [2.05, 4.69) is 9.62 Å². The number of nitrogens with one attached hydrogen (secondary N) is 1. The van der Waals surface area contributed by atoms with Crippen LogP contribution in [-0.2, 0) is 24.3 Å². The number of likely N-dealkylation sites (N-methyl/N-ethyl adjacent to an activating group) is 1. The first kappa shape index (κ1) is 32.8. The molecular formula is C30H45N3O7S. The van der Waals surface area contributed by atoms with Crippen LogP contribution in [0, 0.1) is 11.8 Å². The molecule has 228 valence electrons. The van der Waals surface area contributed by atoms with Gasteiger partial charge in [0.05, 0.1) is 17.4 Å². The highest BCUT2D eigenvalue weighted by Gasteiger charge is 2.29. The minimum Gasteiger partial charge on any atom is -0.457 e. The van der Waals surface area contributed by atoms with Crippen LogP contribution in [0.5, 0.6) is 0 Å². The van der Waals surface area contributed by atoms with Crippen LogP contribution in [0.1, 0.15) is 52.5 Å². The van der Waals surface area contributed by atoms with Crippen molar-refractivity contribution in [3.05, 3.63) is 47.6 Å². The van der Waals surface area contributed by atoms with E-state index in [-0.39, 0.29) is 35.8 Å². The van der Waals surface area contributed by atoms with Gasteiger partial charge in [-0.05, 0) is 62.1 Å². The van der Waals surface area contributed by atoms with Gasteiger partial charge in [0.15, 0.2) is 0 Å². The molecule has 0 radical (unpaired) electrons. The quantitative estimate of drug-likeness (QED) is 0.381. The van der Waals surface area contributed by atoms with Crippen molar-refractivity contribution in [2.75, 3.05) is 39.8 Å². The molecule has 11 heteroatoms. The van der Waals surface area contributed by atoms with E-state index in [4.69, 9.17) is 9.47 Å². The van der Waals surface area contributed by atoms with Crippen molar-refractivity contribution in [1.29, 1.82) is 0 Å². The highest BCUT2D eigenvalue weighted by atomic mass is 32.2. The van der Waals surface area contributed by atoms with Crippen LogP contribution in [0.25, 0.3) is 6.08 Å². The van der Waals surface area contributed by atoms with Gasteiger partial charge in [0.1, 0.15) is 12.2 Å². The summed E-state index contributed by atoms with van der Waals surface area (Å²) in [5.41, 5.74) is 1.35. The van der Waals surface area contributed by atoms with Crippen molar-refractivity contribution in [3.63, 3.8) is 0 Å². The van der Waals surface area contributed by atoms with E-state index >= 15 is 0 Å². The van der Waals surface area contributed by atoms with E-state index in [1.807, 2.05) is 40.0 Å². The van der Waals surface area contributed by atoms with Crippen molar-refractivity contribution < 1.29 is 32.6 Å². The number of aliphatic hydroxyl groups is 1. The Morgan fingerprint density at radius 2 is 1.88 bits per heavy atom. The summed E-state index contributed by atoms with van der Waals surface area (Å²) in [5, 5.41) is 10.5. The number of hydrogen-bond acceptors (Lipinski definition) is 8. The molecule has 0 saturated carbocycles. The number of benzene rings is 1. The zero-order valence-corrected chi connectivity index (χ0v) is 25.6. The molecule has 0 spiro atoms. The standard InChI is InChI=1S/C30H45N3O7S/c1-6-31-41(37,38)26-9-7-8-24(19-26)18-23(4)29-22(3)11-13-27(21(2)10-12-25(34)20-28(35)40-29)39-30(36)33-16-14-32(5)15-17-33/h7-9,11,13,18-19,21-22,25,27,29,31,34H,6,10,12,14-17,20H2,1-5H3/b13-11+,23-18+/t21-,22+,25+,27-,29+/m1/s1. The maximum Gasteiger partial charge on any atom is 0.410 e. The van der Waals surface area contributed by atoms with Crippen LogP contribution in [0.3, 0.4) is 0 Å². The van der Waals surface area contributed by atoms with Crippen molar-refractivity contribution in [2.45, 2.75) is 70.2 Å². The molecule has 0 aliphatic carbocycles. The third kappa shape index (κ3) is 9.66. The maximum atomic E-state index is 13.0. The molecule has 1 amide bonds. The van der Waals surface area contributed by atoms with Crippen molar-refractivity contribution >= 4 is 28.2 Å². The fourth-order valence-corrected chi connectivity index (χ4v) is 6.11. The van der Waals surface area contributed by atoms with Gasteiger partial charge in [-0.3, -0.25) is 4.79 Å². The fraction of sp³-hybridized carbons (Fsp3) is 0.600. The van der Waals surface area contributed by atoms with Gasteiger partial charge < -0.3 is 24.4 Å². The van der Waals surface area contributed by atoms with Gasteiger partial charge in [-0.1, -0.05) is 45.1 Å². The van der Waals surface area contributed by atoms with Gasteiger partial charge in [-0.2, -0.15) is 0 Å². The molecule has 41 heavy (non-hydrogen) atoms. The highest BCUT2D eigenvalue weighted by molar-refractivity contribution is 7.89. The summed E-state index contributed by atoms with van der Waals surface area (Å²) in [4.78, 5) is 29.8. The molecule has 10 nitrogen and oxygen atoms in total. The molecule has 3 rings (SSSR count). The zero-order valence-electron chi connectivity index (χ0n) is 24.8. The van der Waals surface area contributed by atoms with Gasteiger partial charge in [0.25, 0.3) is 0 Å². The highest BCUT2D eigenvalue weighted by Crippen LogP contribution is 2.26. The summed E-state index contributed by atoms with van der Waals surface area (Å²) in [6.07, 6.45) is 3.93. The summed E-state index contributed by atoms with van der Waals surface area (Å²) in [6.45, 7) is 10.5. The first-order valence-electron chi connectivity index (χ1n) is 14.4. The number of hydrogen-bond donors (Lipinski definition) is 2. The normalized spacial score (nSPS) is 28.2. The van der Waals surface area contributed by atoms with Crippen molar-refractivity contribution in [3.8, 4) is 0 Å². The number of carbonyl (C=O) groups is 2. The molecular weight excluding hydrogens is 546 g/mol. The van der Waals surface area contributed by atoms with Crippen LogP contribution in [0.15, 0.2) is 46.9 Å². The first-order chi connectivity index (χ1) is 19.4. The number of esters is 1. The van der Waals surface area contributed by atoms with E-state index < -0.39 is 34.3 Å². The van der Waals surface area contributed by atoms with Crippen molar-refractivity contribution in [1.82, 2.24) is 14.5 Å². The summed E-state index contributed by atoms with van der Waals surface area (Å²) < 4.78 is 39.3. The lowest BCUT2D eigenvalue weighted by atomic mass is 9.91. The lowest BCUT2D eigenvalue weighted by Gasteiger charge is -2.33. The molecule has 2 N–H and O–H groups in total. The number of aliphatic hydroxyl groups excluding tert-OH is 1. The molecule has 2 aliphatic rings. The third-order valence-corrected chi connectivity index (χ3v) is 9.15. The molecule has 0 bridgehead atoms. The van der Waals surface area contributed by atoms with Crippen LogP contribution < -0.4 is 4.72 Å². The molecule has 1 saturated heterocycles. The Bertz CT molecular complexity index is 1210. The molecule has 0 aromatic heterocycles. The number of cyclic esters (lactones) is 1. The summed E-state index contributed by atoms with van der Waals surface area (Å²) in [6, 6.07) is 6.54. The lowest BCUT2D eigenvalue weighted by molar-refractivity contribution is -0.151. The fourth-order valence-electron chi connectivity index (χ4n) is 5.02. The van der Waals surface area contributed by atoms with Gasteiger partial charge in [0, 0.05) is 38.6 Å². The second-order valence-electron chi connectivity index (χ2n) is 11.2. The topological polar surface area (TPSA) is 125 Å². The number of ether oxygens (including phenoxy) is 2. The predicted molar refractivity (Wildman–Crippen MR) is 158 cm³/mol. The Kier molecular flexibility index (Phi) is 12.0. The van der Waals surface area contributed by atoms with Crippen LogP contribution in [0.2, 0.25) is 0 Å². The number of nitrogens with zero attached hydrogens (tertiary/aromatic N) is 2. The second-order valence-corrected chi connectivity index (χ2v) is 12.9. The smallest absolute Gasteiger partial charge is 0.410 e. The minimum absolute atomic E-state index is 0.0727. The molecule has 1 aromatic carbocycles.